The number of fused-ring (bicyclic) bond motifs is 2. The summed E-state index contributed by atoms with van der Waals surface area (Å²) >= 11 is 2.59. The standard InChI is InChI=1S/C25H33IN4O2S/c1-16-12-18(28(6)7)14-20-22(16)27-23-17(2)13-19(15-21(23)33(20)26)29-8-10-30(11-9-29)24(31)32-25(3,4)5/h12-15H,8-11H2,1-7H3. The largest absolute Gasteiger partial charge is 0.444 e. The quantitative estimate of drug-likeness (QED) is 0.342. The predicted octanol–water partition coefficient (Wildman–Crippen LogP) is 5.62. The first-order chi connectivity index (χ1) is 15.4. The maximum absolute atomic E-state index is 12.4. The average molecular weight is 581 g/mol. The predicted molar refractivity (Wildman–Crippen MR) is 146 cm³/mol. The molecule has 33 heavy (non-hydrogen) atoms. The molecule has 8 heteroatoms. The van der Waals surface area contributed by atoms with Gasteiger partial charge in [-0.1, -0.05) is 7.66 Å². The zero-order chi connectivity index (χ0) is 24.1. The van der Waals surface area contributed by atoms with Crippen LogP contribution in [0.1, 0.15) is 31.9 Å². The smallest absolute Gasteiger partial charge is 0.410 e. The third-order valence-corrected chi connectivity index (χ3v) is 10.2. The van der Waals surface area contributed by atoms with Crippen molar-refractivity contribution in [1.29, 1.82) is 0 Å². The van der Waals surface area contributed by atoms with Crippen molar-refractivity contribution in [3.8, 4) is 0 Å². The van der Waals surface area contributed by atoms with Crippen molar-refractivity contribution in [2.24, 2.45) is 4.99 Å². The minimum atomic E-state index is -0.468. The molecule has 0 saturated carbocycles. The van der Waals surface area contributed by atoms with E-state index in [0.29, 0.717) is 13.1 Å². The molecule has 2 aliphatic rings. The van der Waals surface area contributed by atoms with Crippen LogP contribution in [0.3, 0.4) is 0 Å². The van der Waals surface area contributed by atoms with Crippen molar-refractivity contribution in [2.45, 2.75) is 45.1 Å². The van der Waals surface area contributed by atoms with E-state index < -0.39 is 5.60 Å². The van der Waals surface area contributed by atoms with E-state index in [4.69, 9.17) is 9.73 Å². The highest BCUT2D eigenvalue weighted by Gasteiger charge is 2.27. The molecule has 1 unspecified atom stereocenters. The van der Waals surface area contributed by atoms with Crippen molar-refractivity contribution in [2.75, 3.05) is 50.1 Å². The van der Waals surface area contributed by atoms with E-state index in [1.807, 2.05) is 25.7 Å². The van der Waals surface area contributed by atoms with Gasteiger partial charge in [0.05, 0.1) is 11.0 Å². The lowest BCUT2D eigenvalue weighted by molar-refractivity contribution is 0.0240. The number of anilines is 2. The number of benzene rings is 2. The highest BCUT2D eigenvalue weighted by molar-refractivity contribution is 14.2. The van der Waals surface area contributed by atoms with Crippen molar-refractivity contribution in [3.05, 3.63) is 45.3 Å². The molecular weight excluding hydrogens is 547 g/mol. The number of rotatable bonds is 2. The fourth-order valence-electron chi connectivity index (χ4n) is 4.16. The highest BCUT2D eigenvalue weighted by atomic mass is 127. The molecule has 0 aliphatic carbocycles. The molecular formula is C25H33IN4O2S. The Morgan fingerprint density at radius 1 is 1.06 bits per heavy atom. The molecule has 2 aromatic carbocycles. The van der Waals surface area contributed by atoms with E-state index in [1.165, 1.54) is 31.9 Å². The molecule has 0 N–H and O–H groups in total. The zero-order valence-corrected chi connectivity index (χ0v) is 23.5. The van der Waals surface area contributed by atoms with Gasteiger partial charge >= 0.3 is 6.09 Å². The number of ether oxygens (including phenoxy) is 1. The lowest BCUT2D eigenvalue weighted by Gasteiger charge is -2.37. The Morgan fingerprint density at radius 3 is 2.33 bits per heavy atom. The number of hydrogen-bond donors (Lipinski definition) is 0. The maximum atomic E-state index is 12.4. The zero-order valence-electron chi connectivity index (χ0n) is 20.5. The Hall–Kier alpha value is -1.81. The van der Waals surface area contributed by atoms with Gasteiger partial charge in [-0.3, -0.25) is 0 Å². The molecule has 0 radical (unpaired) electrons. The van der Waals surface area contributed by atoms with Crippen molar-refractivity contribution in [3.63, 3.8) is 0 Å². The molecule has 2 aliphatic heterocycles. The topological polar surface area (TPSA) is 48.4 Å². The Kier molecular flexibility index (Phi) is 6.70. The second-order valence-electron chi connectivity index (χ2n) is 9.94. The van der Waals surface area contributed by atoms with Gasteiger partial charge in [0.25, 0.3) is 0 Å². The van der Waals surface area contributed by atoms with Gasteiger partial charge in [-0.25, -0.2) is 9.79 Å². The maximum Gasteiger partial charge on any atom is 0.410 e. The molecule has 6 nitrogen and oxygen atoms in total. The number of halogens is 1. The fourth-order valence-corrected chi connectivity index (χ4v) is 7.61. The molecule has 1 amide bonds. The van der Waals surface area contributed by atoms with E-state index in [2.05, 4.69) is 83.2 Å². The second-order valence-corrected chi connectivity index (χ2v) is 14.0. The number of hydrogen-bond acceptors (Lipinski definition) is 5. The van der Waals surface area contributed by atoms with Crippen molar-refractivity contribution in [1.82, 2.24) is 4.90 Å². The number of piperazine rings is 1. The van der Waals surface area contributed by atoms with Gasteiger partial charge in [-0.2, -0.15) is 0 Å². The van der Waals surface area contributed by atoms with Crippen LogP contribution in [0.15, 0.2) is 34.2 Å². The fraction of sp³-hybridized carbons (Fsp3) is 0.480. The Morgan fingerprint density at radius 2 is 1.73 bits per heavy atom. The third-order valence-electron chi connectivity index (χ3n) is 5.92. The van der Waals surface area contributed by atoms with E-state index in [-0.39, 0.29) is 13.7 Å². The molecule has 4 rings (SSSR count). The van der Waals surface area contributed by atoms with E-state index in [9.17, 15) is 4.79 Å². The second kappa shape index (κ2) is 9.09. The van der Waals surface area contributed by atoms with E-state index in [1.54, 1.807) is 0 Å². The summed E-state index contributed by atoms with van der Waals surface area (Å²) in [6, 6.07) is 9.06. The van der Waals surface area contributed by atoms with Crippen LogP contribution in [0.5, 0.6) is 0 Å². The SMILES string of the molecule is Cc1cc(N2CCN(C(=O)OC(C)(C)C)CC2)cc2c1N=c1c(C)cc(N(C)C)cc1=S2I. The summed E-state index contributed by atoms with van der Waals surface area (Å²) in [6.45, 7) is 13.0. The van der Waals surface area contributed by atoms with Gasteiger partial charge in [0, 0.05) is 61.1 Å². The highest BCUT2D eigenvalue weighted by Crippen LogP contribution is 2.48. The van der Waals surface area contributed by atoms with Gasteiger partial charge < -0.3 is 19.4 Å². The average Bonchev–Trinajstić information content (AvgIpc) is 2.73. The monoisotopic (exact) mass is 580 g/mol. The van der Waals surface area contributed by atoms with Crippen LogP contribution in [0, 0.1) is 18.4 Å². The van der Waals surface area contributed by atoms with Crippen molar-refractivity contribution < 1.29 is 9.53 Å². The third kappa shape index (κ3) is 5.01. The Balaban J connectivity index is 1.64. The minimum absolute atomic E-state index is 0.0895. The number of carbonyl (C=O) groups is 1. The molecule has 2 heterocycles. The van der Waals surface area contributed by atoms with Crippen LogP contribution in [0.25, 0.3) is 0 Å². The van der Waals surface area contributed by atoms with Crippen LogP contribution >= 0.6 is 28.9 Å². The summed E-state index contributed by atoms with van der Waals surface area (Å²) in [5.41, 5.74) is 5.49. The molecule has 1 fully saturated rings. The number of carbonyl (C=O) groups excluding carboxylic acids is 1. The lowest BCUT2D eigenvalue weighted by atomic mass is 10.1. The summed E-state index contributed by atoms with van der Waals surface area (Å²) < 4.78 is 6.85. The molecule has 1 saturated heterocycles. The summed E-state index contributed by atoms with van der Waals surface area (Å²) in [5.74, 6) is 0. The summed E-state index contributed by atoms with van der Waals surface area (Å²) in [7, 11) is 4.08. The van der Waals surface area contributed by atoms with E-state index in [0.717, 1.165) is 24.1 Å². The van der Waals surface area contributed by atoms with Crippen LogP contribution in [-0.4, -0.2) is 56.9 Å². The Labute approximate surface area is 211 Å². The molecule has 0 aromatic heterocycles. The number of aryl methyl sites for hydroxylation is 2. The summed E-state index contributed by atoms with van der Waals surface area (Å²) in [5, 5.41) is 1.12. The molecule has 1 atom stereocenters. The van der Waals surface area contributed by atoms with Crippen molar-refractivity contribution >= 4 is 52.0 Å². The van der Waals surface area contributed by atoms with Crippen LogP contribution in [0.4, 0.5) is 21.9 Å². The lowest BCUT2D eigenvalue weighted by Crippen LogP contribution is -2.50. The van der Waals surface area contributed by atoms with Gasteiger partial charge in [0.15, 0.2) is 0 Å². The first-order valence-electron chi connectivity index (χ1n) is 11.3. The van der Waals surface area contributed by atoms with Crippen LogP contribution in [0.2, 0.25) is 0 Å². The summed E-state index contributed by atoms with van der Waals surface area (Å²) in [6.07, 6.45) is -0.222. The van der Waals surface area contributed by atoms with Crippen LogP contribution in [-0.2, 0) is 4.74 Å². The van der Waals surface area contributed by atoms with Gasteiger partial charge in [-0.15, -0.1) is 0 Å². The minimum Gasteiger partial charge on any atom is -0.444 e. The molecule has 0 bridgehead atoms. The number of amides is 1. The number of nitrogens with zero attached hydrogens (tertiary/aromatic N) is 4. The summed E-state index contributed by atoms with van der Waals surface area (Å²) in [4.78, 5) is 25.2. The first kappa shape index (κ1) is 24.3. The van der Waals surface area contributed by atoms with Crippen LogP contribution < -0.4 is 15.2 Å². The molecule has 0 spiro atoms. The van der Waals surface area contributed by atoms with Gasteiger partial charge in [0.2, 0.25) is 0 Å². The molecule has 2 aromatic rings. The van der Waals surface area contributed by atoms with Gasteiger partial charge in [-0.05, 0) is 91.2 Å². The first-order valence-corrected chi connectivity index (χ1v) is 15.0. The Bertz CT molecular complexity index is 1230. The van der Waals surface area contributed by atoms with Gasteiger partial charge in [0.1, 0.15) is 5.60 Å². The normalized spacial score (nSPS) is 17.8. The molecule has 178 valence electrons. The van der Waals surface area contributed by atoms with E-state index >= 15 is 0 Å².